The predicted molar refractivity (Wildman–Crippen MR) is 216 cm³/mol. The number of aliphatic hydroxyl groups is 5. The van der Waals surface area contributed by atoms with Gasteiger partial charge in [-0.05, 0) is 195 Å². The zero-order chi connectivity index (χ0) is 41.0. The predicted octanol–water partition coefficient (Wildman–Crippen LogP) is 7.38. The van der Waals surface area contributed by atoms with Crippen LogP contribution in [0.5, 0.6) is 0 Å². The molecule has 0 amide bonds. The molecule has 324 valence electrons. The first-order chi connectivity index (χ1) is 26.8. The summed E-state index contributed by atoms with van der Waals surface area (Å²) < 4.78 is 6.25. The Morgan fingerprint density at radius 2 is 1.07 bits per heavy atom. The molecule has 0 aliphatic heterocycles. The topological polar surface area (TPSA) is 165 Å². The molecule has 0 aromatic rings. The van der Waals surface area contributed by atoms with E-state index >= 15 is 0 Å². The van der Waals surface area contributed by atoms with Crippen molar-refractivity contribution in [3.05, 3.63) is 0 Å². The summed E-state index contributed by atoms with van der Waals surface area (Å²) in [5.41, 5.74) is -0.595. The van der Waals surface area contributed by atoms with Crippen LogP contribution in [-0.4, -0.2) is 79.2 Å². The van der Waals surface area contributed by atoms with Crippen LogP contribution in [0.4, 0.5) is 0 Å². The minimum atomic E-state index is -0.769. The lowest BCUT2D eigenvalue weighted by Gasteiger charge is -2.63. The van der Waals surface area contributed by atoms with Crippen LogP contribution in [0.1, 0.15) is 157 Å². The number of ether oxygens (including phenoxy) is 1. The molecule has 0 heterocycles. The van der Waals surface area contributed by atoms with Crippen molar-refractivity contribution < 1.29 is 45.0 Å². The molecule has 8 saturated carbocycles. The molecule has 0 spiro atoms. The van der Waals surface area contributed by atoms with Crippen LogP contribution in [0.15, 0.2) is 0 Å². The Morgan fingerprint density at radius 1 is 0.596 bits per heavy atom. The third-order valence-corrected chi connectivity index (χ3v) is 20.9. The molecule has 9 nitrogen and oxygen atoms in total. The summed E-state index contributed by atoms with van der Waals surface area (Å²) in [7, 11) is 0. The molecule has 6 N–H and O–H groups in total. The maximum Gasteiger partial charge on any atom is 0.306 e. The SMILES string of the molecule is C[C@H](CCC(=O)O[C@@H]1CC[C@@]2(C)[C@@H](C1)C[C@H](O)[C@@H]1[C@@H]2C[C@H](O)[C@]2(C)[C@@H]([C@H](C)CCC(=O)O)CC[C@@H]12)[C@H]1CC[C@H]2C3[C@H](O)C[C@@H]4C[C@H](O)CC[C@]4(C)[C@H]3C[C@H](O)[C@]12C. The number of hydrogen-bond acceptors (Lipinski definition) is 8. The maximum atomic E-state index is 13.5. The zero-order valence-electron chi connectivity index (χ0n) is 36.0. The van der Waals surface area contributed by atoms with E-state index in [4.69, 9.17) is 4.74 Å². The van der Waals surface area contributed by atoms with E-state index in [-0.39, 0.29) is 111 Å². The third kappa shape index (κ3) is 6.70. The highest BCUT2D eigenvalue weighted by Gasteiger charge is 2.67. The van der Waals surface area contributed by atoms with Gasteiger partial charge in [-0.15, -0.1) is 0 Å². The highest BCUT2D eigenvalue weighted by molar-refractivity contribution is 5.69. The van der Waals surface area contributed by atoms with Crippen LogP contribution in [0.3, 0.4) is 0 Å². The van der Waals surface area contributed by atoms with E-state index in [2.05, 4.69) is 41.5 Å². The second kappa shape index (κ2) is 15.3. The van der Waals surface area contributed by atoms with Gasteiger partial charge >= 0.3 is 11.9 Å². The van der Waals surface area contributed by atoms with Crippen molar-refractivity contribution in [3.63, 3.8) is 0 Å². The summed E-state index contributed by atoms with van der Waals surface area (Å²) in [6, 6.07) is 0. The van der Waals surface area contributed by atoms with Crippen molar-refractivity contribution in [1.29, 1.82) is 0 Å². The first-order valence-corrected chi connectivity index (χ1v) is 23.6. The second-order valence-electron chi connectivity index (χ2n) is 22.9. The lowest BCUT2D eigenvalue weighted by molar-refractivity contribution is -0.209. The van der Waals surface area contributed by atoms with Crippen LogP contribution in [0.2, 0.25) is 0 Å². The molecular weight excluding hydrogens is 721 g/mol. The highest BCUT2D eigenvalue weighted by atomic mass is 16.5. The van der Waals surface area contributed by atoms with Crippen molar-refractivity contribution in [2.45, 2.75) is 194 Å². The van der Waals surface area contributed by atoms with E-state index in [1.54, 1.807) is 0 Å². The quantitative estimate of drug-likeness (QED) is 0.131. The normalized spacial score (nSPS) is 53.9. The number of esters is 1. The highest BCUT2D eigenvalue weighted by Crippen LogP contribution is 2.70. The van der Waals surface area contributed by atoms with E-state index in [0.717, 1.165) is 77.0 Å². The van der Waals surface area contributed by atoms with Gasteiger partial charge in [0.1, 0.15) is 6.10 Å². The Balaban J connectivity index is 0.867. The first kappa shape index (κ1) is 42.4. The summed E-state index contributed by atoms with van der Waals surface area (Å²) in [5.74, 6) is 1.86. The second-order valence-corrected chi connectivity index (χ2v) is 22.9. The van der Waals surface area contributed by atoms with Gasteiger partial charge in [-0.25, -0.2) is 0 Å². The number of carbonyl (C=O) groups is 2. The molecule has 8 aliphatic carbocycles. The molecule has 0 aromatic heterocycles. The molecule has 8 fully saturated rings. The molecule has 57 heavy (non-hydrogen) atoms. The number of fused-ring (bicyclic) bond motifs is 10. The van der Waals surface area contributed by atoms with E-state index in [9.17, 15) is 40.2 Å². The van der Waals surface area contributed by atoms with Crippen molar-refractivity contribution in [2.24, 2.45) is 92.7 Å². The first-order valence-electron chi connectivity index (χ1n) is 23.6. The van der Waals surface area contributed by atoms with E-state index in [1.807, 2.05) is 0 Å². The average Bonchev–Trinajstić information content (AvgIpc) is 3.70. The largest absolute Gasteiger partial charge is 0.481 e. The van der Waals surface area contributed by atoms with Crippen molar-refractivity contribution in [1.82, 2.24) is 0 Å². The fourth-order valence-corrected chi connectivity index (χ4v) is 17.7. The van der Waals surface area contributed by atoms with Gasteiger partial charge in [-0.3, -0.25) is 9.59 Å². The molecule has 0 radical (unpaired) electrons. The summed E-state index contributed by atoms with van der Waals surface area (Å²) in [6.07, 6.45) is 11.5. The third-order valence-electron chi connectivity index (χ3n) is 20.9. The number of aliphatic carboxylic acids is 1. The molecule has 8 aliphatic rings. The maximum absolute atomic E-state index is 13.5. The summed E-state index contributed by atoms with van der Waals surface area (Å²) in [4.78, 5) is 24.9. The zero-order valence-corrected chi connectivity index (χ0v) is 36.0. The number of rotatable bonds is 9. The summed E-state index contributed by atoms with van der Waals surface area (Å²) in [6.45, 7) is 13.7. The number of aliphatic hydroxyl groups excluding tert-OH is 5. The van der Waals surface area contributed by atoms with Crippen molar-refractivity contribution in [3.8, 4) is 0 Å². The molecule has 1 unspecified atom stereocenters. The fourth-order valence-electron chi connectivity index (χ4n) is 17.7. The van der Waals surface area contributed by atoms with Crippen molar-refractivity contribution >= 4 is 11.9 Å². The summed E-state index contributed by atoms with van der Waals surface area (Å²) >= 11 is 0. The van der Waals surface area contributed by atoms with Gasteiger partial charge in [0.15, 0.2) is 0 Å². The van der Waals surface area contributed by atoms with Crippen molar-refractivity contribution in [2.75, 3.05) is 0 Å². The standard InChI is InChI=1S/C48H78O9/c1-25(7-13-41(54)55)31-9-11-34-44-36(24-40(53)47(31,34)5)46(4)18-16-30(20-28(46)22-38(44)51)57-42(56)14-8-26(2)32-10-12-33-43-35(23-39(52)48(32,33)6)45(3)17-15-29(49)19-27(45)21-37(43)50/h25-40,43-44,49-53H,7-24H2,1-6H3,(H,54,55)/t25-,26-,27+,28+,29-,30-,31-,32-,33+,34+,35+,36+,37-,38+,39+,40+,43?,44+,45+,46+,47-,48-/m1/s1. The number of hydrogen-bond donors (Lipinski definition) is 6. The van der Waals surface area contributed by atoms with E-state index < -0.39 is 30.4 Å². The molecule has 0 aromatic carbocycles. The average molecular weight is 799 g/mol. The van der Waals surface area contributed by atoms with Gasteiger partial charge in [0, 0.05) is 12.8 Å². The van der Waals surface area contributed by atoms with Crippen LogP contribution in [-0.2, 0) is 14.3 Å². The molecule has 8 rings (SSSR count). The van der Waals surface area contributed by atoms with Gasteiger partial charge in [0.2, 0.25) is 0 Å². The van der Waals surface area contributed by atoms with E-state index in [0.29, 0.717) is 38.0 Å². The number of carbonyl (C=O) groups excluding carboxylic acids is 1. The Morgan fingerprint density at radius 3 is 1.58 bits per heavy atom. The van der Waals surface area contributed by atoms with Crippen LogP contribution < -0.4 is 0 Å². The van der Waals surface area contributed by atoms with Crippen LogP contribution >= 0.6 is 0 Å². The lowest BCUT2D eigenvalue weighted by Crippen LogP contribution is -2.62. The monoisotopic (exact) mass is 799 g/mol. The number of carboxylic acids is 1. The summed E-state index contributed by atoms with van der Waals surface area (Å²) in [5, 5.41) is 67.3. The minimum Gasteiger partial charge on any atom is -0.481 e. The Bertz CT molecular complexity index is 1500. The Labute approximate surface area is 342 Å². The number of carboxylic acid groups (broad SMARTS) is 1. The van der Waals surface area contributed by atoms with Crippen LogP contribution in [0, 0.1) is 92.7 Å². The molecule has 9 heteroatoms. The minimum absolute atomic E-state index is 0.0343. The van der Waals surface area contributed by atoms with E-state index in [1.165, 1.54) is 0 Å². The van der Waals surface area contributed by atoms with Gasteiger partial charge in [-0.1, -0.05) is 41.5 Å². The Kier molecular flexibility index (Phi) is 11.4. The van der Waals surface area contributed by atoms with Gasteiger partial charge < -0.3 is 35.4 Å². The van der Waals surface area contributed by atoms with Crippen LogP contribution in [0.25, 0.3) is 0 Å². The molecule has 0 saturated heterocycles. The molecule has 22 atom stereocenters. The van der Waals surface area contributed by atoms with Gasteiger partial charge in [-0.2, -0.15) is 0 Å². The fraction of sp³-hybridized carbons (Fsp3) is 0.958. The molecular formula is C48H78O9. The molecule has 0 bridgehead atoms. The Hall–Kier alpha value is -1.26. The smallest absolute Gasteiger partial charge is 0.306 e. The lowest BCUT2D eigenvalue weighted by atomic mass is 9.43. The van der Waals surface area contributed by atoms with Gasteiger partial charge in [0.25, 0.3) is 0 Å². The van der Waals surface area contributed by atoms with Gasteiger partial charge in [0.05, 0.1) is 30.5 Å².